The summed E-state index contributed by atoms with van der Waals surface area (Å²) in [7, 11) is 0. The number of carbonyl (C=O) groups excluding carboxylic acids is 1. The van der Waals surface area contributed by atoms with Crippen LogP contribution in [0.5, 0.6) is 0 Å². The van der Waals surface area contributed by atoms with Gasteiger partial charge in [0.2, 0.25) is 0 Å². The molecule has 2 rings (SSSR count). The Morgan fingerprint density at radius 3 is 3.13 bits per heavy atom. The summed E-state index contributed by atoms with van der Waals surface area (Å²) in [5.74, 6) is 0.811. The van der Waals surface area contributed by atoms with Gasteiger partial charge in [0.25, 0.3) is 0 Å². The number of hydrogen-bond acceptors (Lipinski definition) is 3. The molecule has 1 unspecified atom stereocenters. The number of carbonyl (C=O) groups is 1. The normalized spacial score (nSPS) is 19.3. The van der Waals surface area contributed by atoms with Crippen molar-refractivity contribution in [1.29, 1.82) is 0 Å². The van der Waals surface area contributed by atoms with E-state index in [4.69, 9.17) is 9.15 Å². The summed E-state index contributed by atoms with van der Waals surface area (Å²) < 4.78 is 10.5. The van der Waals surface area contributed by atoms with Crippen LogP contribution >= 0.6 is 0 Å². The minimum Gasteiger partial charge on any atom is -0.461 e. The molecule has 1 aliphatic carbocycles. The van der Waals surface area contributed by atoms with E-state index in [-0.39, 0.29) is 5.97 Å². The van der Waals surface area contributed by atoms with Crippen molar-refractivity contribution in [2.24, 2.45) is 5.92 Å². The van der Waals surface area contributed by atoms with Crippen molar-refractivity contribution in [3.8, 4) is 0 Å². The molecule has 3 nitrogen and oxygen atoms in total. The Morgan fingerprint density at radius 2 is 2.47 bits per heavy atom. The monoisotopic (exact) mass is 206 g/mol. The van der Waals surface area contributed by atoms with Crippen molar-refractivity contribution in [2.45, 2.75) is 26.7 Å². The zero-order chi connectivity index (χ0) is 10.8. The lowest BCUT2D eigenvalue weighted by atomic mass is 9.96. The summed E-state index contributed by atoms with van der Waals surface area (Å²) in [6, 6.07) is 1.90. The van der Waals surface area contributed by atoms with Crippen molar-refractivity contribution in [3.63, 3.8) is 0 Å². The van der Waals surface area contributed by atoms with Gasteiger partial charge in [0, 0.05) is 18.6 Å². The van der Waals surface area contributed by atoms with Gasteiger partial charge in [-0.3, -0.25) is 4.79 Å². The van der Waals surface area contributed by atoms with Crippen LogP contribution in [0.1, 0.15) is 26.7 Å². The number of hydrogen-bond donors (Lipinski definition) is 0. The van der Waals surface area contributed by atoms with Crippen molar-refractivity contribution < 1.29 is 13.9 Å². The Morgan fingerprint density at radius 1 is 1.67 bits per heavy atom. The molecule has 1 aromatic heterocycles. The molecule has 0 aliphatic heterocycles. The fraction of sp³-hybridized carbons (Fsp3) is 0.417. The highest BCUT2D eigenvalue weighted by Crippen LogP contribution is 2.19. The fourth-order valence-corrected chi connectivity index (χ4v) is 1.84. The molecule has 15 heavy (non-hydrogen) atoms. The van der Waals surface area contributed by atoms with Crippen LogP contribution in [0.25, 0.3) is 11.8 Å². The molecule has 0 spiro atoms. The molecule has 0 N–H and O–H groups in total. The Hall–Kier alpha value is -1.51. The summed E-state index contributed by atoms with van der Waals surface area (Å²) >= 11 is 0. The lowest BCUT2D eigenvalue weighted by Gasteiger charge is -2.14. The molecule has 1 aromatic rings. The molecule has 80 valence electrons. The number of furan rings is 1. The van der Waals surface area contributed by atoms with E-state index < -0.39 is 0 Å². The summed E-state index contributed by atoms with van der Waals surface area (Å²) in [5.41, 5.74) is 0.704. The highest BCUT2D eigenvalue weighted by molar-refractivity contribution is 5.71. The third-order valence-electron chi connectivity index (χ3n) is 2.60. The van der Waals surface area contributed by atoms with Gasteiger partial charge in [0.15, 0.2) is 11.2 Å². The van der Waals surface area contributed by atoms with E-state index >= 15 is 0 Å². The molecule has 3 heteroatoms. The van der Waals surface area contributed by atoms with Crippen LogP contribution in [-0.2, 0) is 9.53 Å². The molecule has 0 amide bonds. The zero-order valence-corrected chi connectivity index (χ0v) is 8.95. The van der Waals surface area contributed by atoms with Gasteiger partial charge in [0.1, 0.15) is 0 Å². The molecule has 1 atom stereocenters. The standard InChI is InChI=1S/C12H14O3/c1-3-9-6-10-4-5-14-12(10)11(7-9)15-8(2)13/h4-6,9H,3,7H2,1-2H3. The SMILES string of the molecule is CCC1C=c2ccoc2=C(OC(C)=O)C1. The van der Waals surface area contributed by atoms with Crippen molar-refractivity contribution >= 4 is 17.8 Å². The first-order valence-electron chi connectivity index (χ1n) is 5.17. The van der Waals surface area contributed by atoms with Crippen LogP contribution in [0.2, 0.25) is 0 Å². The number of fused-ring (bicyclic) bond motifs is 1. The topological polar surface area (TPSA) is 39.4 Å². The molecular weight excluding hydrogens is 192 g/mol. The maximum absolute atomic E-state index is 10.9. The van der Waals surface area contributed by atoms with Crippen LogP contribution in [0.15, 0.2) is 16.7 Å². The van der Waals surface area contributed by atoms with E-state index in [9.17, 15) is 4.79 Å². The Bertz CT molecular complexity index is 481. The average Bonchev–Trinajstić information content (AvgIpc) is 2.64. The molecule has 1 heterocycles. The molecule has 0 radical (unpaired) electrons. The summed E-state index contributed by atoms with van der Waals surface area (Å²) in [4.78, 5) is 10.9. The lowest BCUT2D eigenvalue weighted by molar-refractivity contribution is -0.134. The van der Waals surface area contributed by atoms with Crippen LogP contribution in [0.3, 0.4) is 0 Å². The van der Waals surface area contributed by atoms with Gasteiger partial charge in [-0.2, -0.15) is 0 Å². The predicted molar refractivity (Wildman–Crippen MR) is 56.0 cm³/mol. The van der Waals surface area contributed by atoms with Crippen molar-refractivity contribution in [3.05, 3.63) is 23.0 Å². The van der Waals surface area contributed by atoms with Gasteiger partial charge in [0.05, 0.1) is 6.26 Å². The van der Waals surface area contributed by atoms with Gasteiger partial charge in [-0.25, -0.2) is 0 Å². The van der Waals surface area contributed by atoms with Crippen molar-refractivity contribution in [1.82, 2.24) is 0 Å². The molecule has 0 saturated heterocycles. The molecule has 0 aromatic carbocycles. The molecule has 1 aliphatic rings. The van der Waals surface area contributed by atoms with E-state index in [1.165, 1.54) is 6.92 Å². The van der Waals surface area contributed by atoms with E-state index in [1.807, 2.05) is 6.07 Å². The van der Waals surface area contributed by atoms with Crippen LogP contribution in [0, 0.1) is 5.92 Å². The third kappa shape index (κ3) is 1.96. The largest absolute Gasteiger partial charge is 0.461 e. The van der Waals surface area contributed by atoms with E-state index in [0.29, 0.717) is 17.1 Å². The Kier molecular flexibility index (Phi) is 2.62. The quantitative estimate of drug-likeness (QED) is 0.682. The van der Waals surface area contributed by atoms with E-state index in [2.05, 4.69) is 13.0 Å². The maximum atomic E-state index is 10.9. The van der Waals surface area contributed by atoms with Crippen LogP contribution in [0.4, 0.5) is 0 Å². The van der Waals surface area contributed by atoms with Gasteiger partial charge in [-0.05, 0) is 18.4 Å². The predicted octanol–water partition coefficient (Wildman–Crippen LogP) is 1.16. The maximum Gasteiger partial charge on any atom is 0.307 e. The highest BCUT2D eigenvalue weighted by atomic mass is 16.5. The minimum atomic E-state index is -0.288. The van der Waals surface area contributed by atoms with Crippen LogP contribution in [-0.4, -0.2) is 5.97 Å². The fourth-order valence-electron chi connectivity index (χ4n) is 1.84. The third-order valence-corrected chi connectivity index (χ3v) is 2.60. The first-order valence-corrected chi connectivity index (χ1v) is 5.17. The Labute approximate surface area is 88.0 Å². The second kappa shape index (κ2) is 3.93. The smallest absolute Gasteiger partial charge is 0.307 e. The summed E-state index contributed by atoms with van der Waals surface area (Å²) in [6.07, 6.45) is 5.58. The second-order valence-electron chi connectivity index (χ2n) is 3.76. The van der Waals surface area contributed by atoms with E-state index in [1.54, 1.807) is 6.26 Å². The van der Waals surface area contributed by atoms with Gasteiger partial charge < -0.3 is 9.15 Å². The summed E-state index contributed by atoms with van der Waals surface area (Å²) in [5, 5.41) is 1.03. The highest BCUT2D eigenvalue weighted by Gasteiger charge is 2.17. The molecular formula is C12H14O3. The van der Waals surface area contributed by atoms with Gasteiger partial charge in [-0.15, -0.1) is 0 Å². The summed E-state index contributed by atoms with van der Waals surface area (Å²) in [6.45, 7) is 3.53. The Balaban J connectivity index is 2.49. The lowest BCUT2D eigenvalue weighted by Crippen LogP contribution is -2.30. The average molecular weight is 206 g/mol. The second-order valence-corrected chi connectivity index (χ2v) is 3.76. The first-order chi connectivity index (χ1) is 7.20. The van der Waals surface area contributed by atoms with Crippen LogP contribution < -0.4 is 10.6 Å². The number of esters is 1. The zero-order valence-electron chi connectivity index (χ0n) is 8.95. The first kappa shape index (κ1) is 10.0. The molecule has 0 saturated carbocycles. The van der Waals surface area contributed by atoms with E-state index in [0.717, 1.165) is 18.1 Å². The van der Waals surface area contributed by atoms with Gasteiger partial charge >= 0.3 is 5.97 Å². The van der Waals surface area contributed by atoms with Gasteiger partial charge in [-0.1, -0.05) is 13.0 Å². The number of rotatable bonds is 2. The number of ether oxygens (including phenoxy) is 1. The molecule has 0 fully saturated rings. The minimum absolute atomic E-state index is 0.288. The van der Waals surface area contributed by atoms with Crippen molar-refractivity contribution in [2.75, 3.05) is 0 Å². The molecule has 0 bridgehead atoms.